The number of para-hydroxylation sites is 1. The Labute approximate surface area is 151 Å². The predicted octanol–water partition coefficient (Wildman–Crippen LogP) is 2.81. The molecular weight excluding hydrogens is 328 g/mol. The topological polar surface area (TPSA) is 86.3 Å². The molecule has 0 aliphatic rings. The molecule has 0 unspecified atom stereocenters. The van der Waals surface area contributed by atoms with Crippen molar-refractivity contribution in [3.05, 3.63) is 60.2 Å². The summed E-state index contributed by atoms with van der Waals surface area (Å²) in [7, 11) is 0. The number of hydrogen-bond donors (Lipinski definition) is 3. The van der Waals surface area contributed by atoms with Crippen molar-refractivity contribution in [3.63, 3.8) is 0 Å². The molecule has 0 saturated carbocycles. The lowest BCUT2D eigenvalue weighted by atomic mass is 10.1. The maximum absolute atomic E-state index is 11.8. The summed E-state index contributed by atoms with van der Waals surface area (Å²) in [6.07, 6.45) is 1.56. The van der Waals surface area contributed by atoms with E-state index in [0.29, 0.717) is 0 Å². The maximum atomic E-state index is 11.8. The van der Waals surface area contributed by atoms with Crippen LogP contribution in [0.1, 0.15) is 19.4 Å². The van der Waals surface area contributed by atoms with Gasteiger partial charge in [0.2, 0.25) is 0 Å². The van der Waals surface area contributed by atoms with Crippen molar-refractivity contribution in [1.29, 1.82) is 0 Å². The van der Waals surface area contributed by atoms with Gasteiger partial charge in [0.1, 0.15) is 0 Å². The number of hydrazone groups is 1. The number of amides is 2. The molecule has 3 rings (SSSR count). The highest BCUT2D eigenvalue weighted by Crippen LogP contribution is 2.28. The first-order valence-corrected chi connectivity index (χ1v) is 8.36. The number of aromatic amines is 1. The fourth-order valence-corrected chi connectivity index (χ4v) is 2.66. The summed E-state index contributed by atoms with van der Waals surface area (Å²) in [5.74, 6) is -1.50. The highest BCUT2D eigenvalue weighted by atomic mass is 16.2. The second kappa shape index (κ2) is 7.65. The Balaban J connectivity index is 1.89. The minimum atomic E-state index is -0.795. The smallest absolute Gasteiger partial charge is 0.329 e. The van der Waals surface area contributed by atoms with Gasteiger partial charge < -0.3 is 10.3 Å². The molecule has 0 aliphatic carbocycles. The first-order chi connectivity index (χ1) is 12.6. The molecule has 0 aliphatic heterocycles. The van der Waals surface area contributed by atoms with Gasteiger partial charge in [-0.3, -0.25) is 9.59 Å². The number of benzene rings is 2. The number of carbonyl (C=O) groups excluding carboxylic acids is 2. The number of fused-ring (bicyclic) bond motifs is 1. The van der Waals surface area contributed by atoms with Gasteiger partial charge in [-0.25, -0.2) is 5.43 Å². The molecule has 132 valence electrons. The van der Waals surface area contributed by atoms with Gasteiger partial charge in [0.05, 0.1) is 11.9 Å². The number of aromatic nitrogens is 1. The Morgan fingerprint density at radius 3 is 2.42 bits per heavy atom. The van der Waals surface area contributed by atoms with Gasteiger partial charge in [0.15, 0.2) is 0 Å². The second-order valence-electron chi connectivity index (χ2n) is 6.15. The van der Waals surface area contributed by atoms with Crippen LogP contribution in [0.3, 0.4) is 0 Å². The molecule has 6 heteroatoms. The van der Waals surface area contributed by atoms with E-state index in [1.165, 1.54) is 0 Å². The Hall–Kier alpha value is -3.41. The third-order valence-electron chi connectivity index (χ3n) is 3.79. The van der Waals surface area contributed by atoms with Gasteiger partial charge in [-0.15, -0.1) is 0 Å². The van der Waals surface area contributed by atoms with Crippen LogP contribution in [0.2, 0.25) is 0 Å². The molecule has 1 aromatic heterocycles. The van der Waals surface area contributed by atoms with E-state index in [1.54, 1.807) is 20.1 Å². The Morgan fingerprint density at radius 1 is 1.00 bits per heavy atom. The number of nitrogens with zero attached hydrogens (tertiary/aromatic N) is 1. The van der Waals surface area contributed by atoms with E-state index in [0.717, 1.165) is 27.7 Å². The van der Waals surface area contributed by atoms with Crippen LogP contribution >= 0.6 is 0 Å². The van der Waals surface area contributed by atoms with Crippen LogP contribution in [0.25, 0.3) is 22.2 Å². The molecule has 3 N–H and O–H groups in total. The van der Waals surface area contributed by atoms with E-state index >= 15 is 0 Å². The predicted molar refractivity (Wildman–Crippen MR) is 103 cm³/mol. The van der Waals surface area contributed by atoms with Crippen LogP contribution < -0.4 is 10.7 Å². The van der Waals surface area contributed by atoms with E-state index in [-0.39, 0.29) is 6.04 Å². The highest BCUT2D eigenvalue weighted by Gasteiger charge is 2.14. The average Bonchev–Trinajstić information content (AvgIpc) is 3.00. The van der Waals surface area contributed by atoms with Crippen LogP contribution in [0.5, 0.6) is 0 Å². The summed E-state index contributed by atoms with van der Waals surface area (Å²) in [5, 5.41) is 7.48. The zero-order valence-corrected chi connectivity index (χ0v) is 14.6. The standard InChI is InChI=1S/C20H20N4O2/c1-13(2)22-19(25)20(26)24-21-12-16-15-10-6-7-11-17(15)23-18(16)14-8-4-3-5-9-14/h3-13,23H,1-2H3,(H,22,25)(H,24,26)/b21-12+. The molecule has 0 fully saturated rings. The van der Waals surface area contributed by atoms with Crippen molar-refractivity contribution in [3.8, 4) is 11.3 Å². The third-order valence-corrected chi connectivity index (χ3v) is 3.79. The molecule has 0 saturated heterocycles. The summed E-state index contributed by atoms with van der Waals surface area (Å²) in [6.45, 7) is 3.57. The first kappa shape index (κ1) is 17.4. The summed E-state index contributed by atoms with van der Waals surface area (Å²) < 4.78 is 0. The van der Waals surface area contributed by atoms with Crippen LogP contribution in [-0.2, 0) is 9.59 Å². The normalized spacial score (nSPS) is 11.2. The van der Waals surface area contributed by atoms with Gasteiger partial charge >= 0.3 is 11.8 Å². The van der Waals surface area contributed by atoms with E-state index in [1.807, 2.05) is 54.6 Å². The third kappa shape index (κ3) is 3.80. The largest absolute Gasteiger partial charge is 0.354 e. The zero-order chi connectivity index (χ0) is 18.5. The van der Waals surface area contributed by atoms with Crippen molar-refractivity contribution in [2.45, 2.75) is 19.9 Å². The molecule has 6 nitrogen and oxygen atoms in total. The van der Waals surface area contributed by atoms with E-state index < -0.39 is 11.8 Å². The van der Waals surface area contributed by atoms with Crippen LogP contribution in [0.4, 0.5) is 0 Å². The summed E-state index contributed by atoms with van der Waals surface area (Å²) >= 11 is 0. The lowest BCUT2D eigenvalue weighted by Crippen LogP contribution is -2.41. The van der Waals surface area contributed by atoms with Crippen molar-refractivity contribution in [1.82, 2.24) is 15.7 Å². The maximum Gasteiger partial charge on any atom is 0.329 e. The Morgan fingerprint density at radius 2 is 1.69 bits per heavy atom. The Kier molecular flexibility index (Phi) is 5.12. The molecule has 0 spiro atoms. The molecule has 1 heterocycles. The Bertz CT molecular complexity index is 958. The minimum absolute atomic E-state index is 0.115. The number of H-pyrrole nitrogens is 1. The van der Waals surface area contributed by atoms with Crippen molar-refractivity contribution >= 4 is 28.9 Å². The molecule has 2 aromatic carbocycles. The van der Waals surface area contributed by atoms with Gasteiger partial charge in [0, 0.05) is 22.5 Å². The lowest BCUT2D eigenvalue weighted by Gasteiger charge is -2.06. The molecular formula is C20H20N4O2. The van der Waals surface area contributed by atoms with Gasteiger partial charge in [-0.1, -0.05) is 48.5 Å². The SMILES string of the molecule is CC(C)NC(=O)C(=O)N/N=C/c1c(-c2ccccc2)[nH]c2ccccc12. The van der Waals surface area contributed by atoms with Gasteiger partial charge in [-0.2, -0.15) is 5.10 Å². The van der Waals surface area contributed by atoms with Crippen molar-refractivity contribution in [2.24, 2.45) is 5.10 Å². The minimum Gasteiger partial charge on any atom is -0.354 e. The molecule has 0 atom stereocenters. The van der Waals surface area contributed by atoms with Gasteiger partial charge in [-0.05, 0) is 25.5 Å². The number of hydrogen-bond acceptors (Lipinski definition) is 3. The average molecular weight is 348 g/mol. The second-order valence-corrected chi connectivity index (χ2v) is 6.15. The summed E-state index contributed by atoms with van der Waals surface area (Å²) in [4.78, 5) is 26.8. The highest BCUT2D eigenvalue weighted by molar-refractivity contribution is 6.35. The quantitative estimate of drug-likeness (QED) is 0.385. The van der Waals surface area contributed by atoms with Crippen molar-refractivity contribution < 1.29 is 9.59 Å². The van der Waals surface area contributed by atoms with E-state index in [4.69, 9.17) is 0 Å². The summed E-state index contributed by atoms with van der Waals surface area (Å²) in [6, 6.07) is 17.6. The molecule has 0 radical (unpaired) electrons. The molecule has 0 bridgehead atoms. The van der Waals surface area contributed by atoms with Crippen LogP contribution in [0, 0.1) is 0 Å². The van der Waals surface area contributed by atoms with Gasteiger partial charge in [0.25, 0.3) is 0 Å². The van der Waals surface area contributed by atoms with Crippen LogP contribution in [-0.4, -0.2) is 29.1 Å². The monoisotopic (exact) mass is 348 g/mol. The fourth-order valence-electron chi connectivity index (χ4n) is 2.66. The zero-order valence-electron chi connectivity index (χ0n) is 14.6. The van der Waals surface area contributed by atoms with E-state index in [9.17, 15) is 9.59 Å². The molecule has 2 amide bonds. The lowest BCUT2D eigenvalue weighted by molar-refractivity contribution is -0.139. The fraction of sp³-hybridized carbons (Fsp3) is 0.150. The van der Waals surface area contributed by atoms with Crippen molar-refractivity contribution in [2.75, 3.05) is 0 Å². The first-order valence-electron chi connectivity index (χ1n) is 8.36. The number of nitrogens with one attached hydrogen (secondary N) is 3. The molecule has 26 heavy (non-hydrogen) atoms. The number of rotatable bonds is 4. The molecule has 3 aromatic rings. The number of carbonyl (C=O) groups is 2. The summed E-state index contributed by atoms with van der Waals surface area (Å²) in [5.41, 5.74) is 5.99. The van der Waals surface area contributed by atoms with Crippen LogP contribution in [0.15, 0.2) is 59.7 Å². The van der Waals surface area contributed by atoms with E-state index in [2.05, 4.69) is 20.8 Å².